The van der Waals surface area contributed by atoms with Gasteiger partial charge in [0.1, 0.15) is 9.92 Å². The minimum absolute atomic E-state index is 0.0206. The molecule has 14 heavy (non-hydrogen) atoms. The third-order valence-electron chi connectivity index (χ3n) is 1.36. The normalized spacial score (nSPS) is 11.7. The molecule has 1 rings (SSSR count). The van der Waals surface area contributed by atoms with Gasteiger partial charge >= 0.3 is 0 Å². The highest BCUT2D eigenvalue weighted by Crippen LogP contribution is 2.41. The maximum atomic E-state index is 10.8. The van der Waals surface area contributed by atoms with E-state index >= 15 is 0 Å². The molecule has 78 valence electrons. The molecule has 0 amide bonds. The van der Waals surface area contributed by atoms with Crippen molar-refractivity contribution in [2.45, 2.75) is 4.90 Å². The zero-order valence-electron chi connectivity index (χ0n) is 6.33. The van der Waals surface area contributed by atoms with Gasteiger partial charge in [0.05, 0.1) is 5.02 Å². The smallest absolute Gasteiger partial charge is 0.297 e. The number of aromatic hydroxyl groups is 1. The summed E-state index contributed by atoms with van der Waals surface area (Å²) in [5, 5.41) is 8.58. The van der Waals surface area contributed by atoms with Crippen molar-refractivity contribution >= 4 is 49.2 Å². The summed E-state index contributed by atoms with van der Waals surface area (Å²) in [6, 6.07) is 1.12. The first-order valence-corrected chi connectivity index (χ1v) is 6.08. The van der Waals surface area contributed by atoms with E-state index in [0.29, 0.717) is 0 Å². The molecule has 1 aromatic carbocycles. The Balaban J connectivity index is 3.70. The van der Waals surface area contributed by atoms with Gasteiger partial charge in [0.15, 0.2) is 5.75 Å². The molecule has 0 heterocycles. The summed E-state index contributed by atoms with van der Waals surface area (Å²) < 4.78 is 30.4. The van der Waals surface area contributed by atoms with Crippen LogP contribution >= 0.6 is 39.1 Å². The molecular formula is C6H3BrCl2O4S. The Hall–Kier alpha value is -0.0100. The van der Waals surface area contributed by atoms with Crippen LogP contribution in [-0.2, 0) is 10.1 Å². The van der Waals surface area contributed by atoms with Crippen LogP contribution in [0.3, 0.4) is 0 Å². The molecule has 0 spiro atoms. The van der Waals surface area contributed by atoms with Crippen LogP contribution in [0.2, 0.25) is 10.0 Å². The molecule has 0 atom stereocenters. The van der Waals surface area contributed by atoms with Gasteiger partial charge < -0.3 is 5.11 Å². The molecule has 0 unspecified atom stereocenters. The zero-order chi connectivity index (χ0) is 11.1. The Morgan fingerprint density at radius 2 is 1.86 bits per heavy atom. The van der Waals surface area contributed by atoms with Crippen molar-refractivity contribution in [2.75, 3.05) is 0 Å². The monoisotopic (exact) mass is 320 g/mol. The van der Waals surface area contributed by atoms with Crippen molar-refractivity contribution < 1.29 is 18.1 Å². The molecule has 1 aromatic rings. The van der Waals surface area contributed by atoms with Gasteiger partial charge in [0, 0.05) is 4.47 Å². The zero-order valence-corrected chi connectivity index (χ0v) is 10.2. The molecule has 0 fully saturated rings. The van der Waals surface area contributed by atoms with E-state index in [1.54, 1.807) is 0 Å². The van der Waals surface area contributed by atoms with Crippen molar-refractivity contribution in [3.8, 4) is 5.75 Å². The third kappa shape index (κ3) is 2.14. The fraction of sp³-hybridized carbons (Fsp3) is 0. The van der Waals surface area contributed by atoms with E-state index in [1.165, 1.54) is 0 Å². The predicted octanol–water partition coefficient (Wildman–Crippen LogP) is 2.71. The summed E-state index contributed by atoms with van der Waals surface area (Å²) in [6.07, 6.45) is 0. The standard InChI is InChI=1S/C6H3BrCl2O4S/c7-2-1-3(8)5(10)4(9)6(2)14(11,12)13/h1,10H,(H,11,12,13). The first kappa shape index (κ1) is 12.1. The molecular weight excluding hydrogens is 319 g/mol. The minimum atomic E-state index is -4.50. The lowest BCUT2D eigenvalue weighted by Gasteiger charge is -2.06. The fourth-order valence-corrected chi connectivity index (χ4v) is 3.46. The molecule has 4 nitrogen and oxygen atoms in total. The van der Waals surface area contributed by atoms with Crippen LogP contribution in [0.25, 0.3) is 0 Å². The largest absolute Gasteiger partial charge is 0.505 e. The van der Waals surface area contributed by atoms with Gasteiger partial charge in [-0.1, -0.05) is 23.2 Å². The van der Waals surface area contributed by atoms with E-state index in [-0.39, 0.29) is 9.50 Å². The van der Waals surface area contributed by atoms with E-state index in [9.17, 15) is 13.5 Å². The Morgan fingerprint density at radius 1 is 1.36 bits per heavy atom. The molecule has 2 N–H and O–H groups in total. The summed E-state index contributed by atoms with van der Waals surface area (Å²) in [5.74, 6) is -0.593. The van der Waals surface area contributed by atoms with E-state index in [1.807, 2.05) is 0 Å². The second-order valence-electron chi connectivity index (χ2n) is 2.31. The van der Waals surface area contributed by atoms with Gasteiger partial charge in [-0.15, -0.1) is 0 Å². The lowest BCUT2D eigenvalue weighted by molar-refractivity contribution is 0.466. The Bertz CT molecular complexity index is 485. The van der Waals surface area contributed by atoms with Gasteiger partial charge in [-0.05, 0) is 22.0 Å². The summed E-state index contributed by atoms with van der Waals surface area (Å²) in [4.78, 5) is -0.610. The van der Waals surface area contributed by atoms with Crippen molar-refractivity contribution in [3.63, 3.8) is 0 Å². The van der Waals surface area contributed by atoms with Crippen molar-refractivity contribution in [1.29, 1.82) is 0 Å². The van der Waals surface area contributed by atoms with Gasteiger partial charge in [0.25, 0.3) is 10.1 Å². The number of rotatable bonds is 1. The van der Waals surface area contributed by atoms with Gasteiger partial charge in [-0.3, -0.25) is 4.55 Å². The molecule has 0 saturated carbocycles. The van der Waals surface area contributed by atoms with E-state index < -0.39 is 25.8 Å². The first-order chi connectivity index (χ1) is 6.25. The lowest BCUT2D eigenvalue weighted by Crippen LogP contribution is -2.00. The number of hydrogen-bond acceptors (Lipinski definition) is 3. The maximum Gasteiger partial charge on any atom is 0.297 e. The second kappa shape index (κ2) is 3.86. The van der Waals surface area contributed by atoms with Crippen LogP contribution in [0.1, 0.15) is 0 Å². The molecule has 0 aromatic heterocycles. The highest BCUT2D eigenvalue weighted by Gasteiger charge is 2.23. The van der Waals surface area contributed by atoms with Crippen molar-refractivity contribution in [2.24, 2.45) is 0 Å². The van der Waals surface area contributed by atoms with Crippen molar-refractivity contribution in [3.05, 3.63) is 20.6 Å². The number of phenolic OH excluding ortho intramolecular Hbond substituents is 1. The highest BCUT2D eigenvalue weighted by atomic mass is 79.9. The number of halogens is 3. The average Bonchev–Trinajstić information content (AvgIpc) is 1.97. The fourth-order valence-electron chi connectivity index (χ4n) is 0.799. The molecule has 0 aliphatic carbocycles. The SMILES string of the molecule is O=S(=O)(O)c1c(Br)cc(Cl)c(O)c1Cl. The number of benzene rings is 1. The first-order valence-electron chi connectivity index (χ1n) is 3.09. The molecule has 0 bridgehead atoms. The van der Waals surface area contributed by atoms with E-state index in [0.717, 1.165) is 6.07 Å². The van der Waals surface area contributed by atoms with Gasteiger partial charge in [-0.2, -0.15) is 8.42 Å². The average molecular weight is 322 g/mol. The molecule has 0 aliphatic rings. The Labute approximate surface area is 98.3 Å². The molecule has 0 saturated heterocycles. The molecule has 0 radical (unpaired) electrons. The van der Waals surface area contributed by atoms with Crippen LogP contribution in [0.4, 0.5) is 0 Å². The number of phenols is 1. The summed E-state index contributed by atoms with van der Waals surface area (Å²) in [5.41, 5.74) is 0. The topological polar surface area (TPSA) is 74.6 Å². The van der Waals surface area contributed by atoms with Gasteiger partial charge in [-0.25, -0.2) is 0 Å². The van der Waals surface area contributed by atoms with Gasteiger partial charge in [0.2, 0.25) is 0 Å². The summed E-state index contributed by atoms with van der Waals surface area (Å²) in [6.45, 7) is 0. The Morgan fingerprint density at radius 3 is 2.29 bits per heavy atom. The van der Waals surface area contributed by atoms with Crippen LogP contribution in [0, 0.1) is 0 Å². The molecule has 0 aliphatic heterocycles. The van der Waals surface area contributed by atoms with E-state index in [2.05, 4.69) is 15.9 Å². The van der Waals surface area contributed by atoms with Crippen LogP contribution < -0.4 is 0 Å². The third-order valence-corrected chi connectivity index (χ3v) is 3.96. The summed E-state index contributed by atoms with van der Waals surface area (Å²) >= 11 is 13.8. The lowest BCUT2D eigenvalue weighted by atomic mass is 10.3. The quantitative estimate of drug-likeness (QED) is 0.780. The maximum absolute atomic E-state index is 10.8. The Kier molecular flexibility index (Phi) is 3.33. The highest BCUT2D eigenvalue weighted by molar-refractivity contribution is 9.10. The summed E-state index contributed by atoms with van der Waals surface area (Å²) in [7, 11) is -4.50. The minimum Gasteiger partial charge on any atom is -0.505 e. The van der Waals surface area contributed by atoms with Crippen LogP contribution in [0.15, 0.2) is 15.4 Å². The predicted molar refractivity (Wildman–Crippen MR) is 55.6 cm³/mol. The second-order valence-corrected chi connectivity index (χ2v) is 5.30. The van der Waals surface area contributed by atoms with Crippen LogP contribution in [-0.4, -0.2) is 18.1 Å². The number of hydrogen-bond donors (Lipinski definition) is 2. The van der Waals surface area contributed by atoms with E-state index in [4.69, 9.17) is 27.8 Å². The van der Waals surface area contributed by atoms with Crippen LogP contribution in [0.5, 0.6) is 5.75 Å². The van der Waals surface area contributed by atoms with Crippen molar-refractivity contribution in [1.82, 2.24) is 0 Å². The molecule has 8 heteroatoms.